The average molecular weight is 746 g/mol. The molecule has 10 aromatic rings. The van der Waals surface area contributed by atoms with Crippen LogP contribution in [0.15, 0.2) is 200 Å². The molecule has 0 spiro atoms. The molecule has 0 fully saturated rings. The summed E-state index contributed by atoms with van der Waals surface area (Å²) in [5.74, 6) is 0.980. The normalized spacial score (nSPS) is 11.9. The van der Waals surface area contributed by atoms with E-state index in [0.29, 0.717) is 5.39 Å². The third kappa shape index (κ3) is 5.53. The Labute approximate surface area is 336 Å². The van der Waals surface area contributed by atoms with Crippen molar-refractivity contribution in [3.05, 3.63) is 211 Å². The molecule has 0 amide bonds. The molecule has 0 radical (unpaired) electrons. The van der Waals surface area contributed by atoms with E-state index in [2.05, 4.69) is 140 Å². The van der Waals surface area contributed by atoms with Gasteiger partial charge in [-0.2, -0.15) is 0 Å². The highest BCUT2D eigenvalue weighted by Crippen LogP contribution is 2.45. The first-order valence-electron chi connectivity index (χ1n) is 19.7. The number of imidazole rings is 1. The molecule has 0 unspecified atom stereocenters. The van der Waals surface area contributed by atoms with E-state index in [1.54, 1.807) is 6.08 Å². The van der Waals surface area contributed by atoms with Crippen molar-refractivity contribution in [3.8, 4) is 39.3 Å². The number of aryl methyl sites for hydroxylation is 1. The number of hydrogen-bond donors (Lipinski definition) is 0. The van der Waals surface area contributed by atoms with Gasteiger partial charge in [0.05, 0.1) is 16.6 Å². The molecule has 0 saturated heterocycles. The van der Waals surface area contributed by atoms with Crippen LogP contribution < -0.4 is 5.56 Å². The van der Waals surface area contributed by atoms with Crippen LogP contribution in [-0.4, -0.2) is 14.1 Å². The molecule has 0 saturated carbocycles. The molecule has 2 heterocycles. The Hall–Kier alpha value is -7.56. The molecule has 2 aromatic heterocycles. The van der Waals surface area contributed by atoms with Crippen molar-refractivity contribution in [2.24, 2.45) is 0 Å². The number of hydrogen-bond acceptors (Lipinski definition) is 2. The topological polar surface area (TPSA) is 39.8 Å². The second-order valence-corrected chi connectivity index (χ2v) is 14.6. The van der Waals surface area contributed by atoms with Gasteiger partial charge in [-0.05, 0) is 110 Å². The first-order chi connectivity index (χ1) is 28.6. The summed E-state index contributed by atoms with van der Waals surface area (Å²) in [6.45, 7) is 10.9. The van der Waals surface area contributed by atoms with E-state index in [0.717, 1.165) is 73.2 Å². The van der Waals surface area contributed by atoms with Crippen LogP contribution in [0.5, 0.6) is 0 Å². The van der Waals surface area contributed by atoms with Crippen molar-refractivity contribution in [2.75, 3.05) is 0 Å². The maximum atomic E-state index is 14.4. The Morgan fingerprint density at radius 3 is 1.81 bits per heavy atom. The van der Waals surface area contributed by atoms with Crippen LogP contribution >= 0.6 is 0 Å². The van der Waals surface area contributed by atoms with Gasteiger partial charge in [-0.3, -0.25) is 9.36 Å². The lowest BCUT2D eigenvalue weighted by Crippen LogP contribution is -2.19. The quantitative estimate of drug-likeness (QED) is 0.0883. The second-order valence-electron chi connectivity index (χ2n) is 14.6. The van der Waals surface area contributed by atoms with Gasteiger partial charge in [0.1, 0.15) is 5.82 Å². The van der Waals surface area contributed by atoms with E-state index in [9.17, 15) is 4.79 Å². The molecular weight excluding hydrogens is 707 g/mol. The number of pyridine rings is 1. The number of aromatic nitrogens is 3. The summed E-state index contributed by atoms with van der Waals surface area (Å²) < 4.78 is 4.13. The Morgan fingerprint density at radius 1 is 0.569 bits per heavy atom. The lowest BCUT2D eigenvalue weighted by Gasteiger charge is -2.19. The number of nitrogens with zero attached hydrogens (tertiary/aromatic N) is 3. The Balaban J connectivity index is 1.18. The predicted octanol–water partition coefficient (Wildman–Crippen LogP) is 13.6. The highest BCUT2D eigenvalue weighted by Gasteiger charge is 2.20. The number of rotatable bonds is 8. The Bertz CT molecular complexity index is 3320. The number of fused-ring (bicyclic) bond motifs is 6. The molecule has 0 atom stereocenters. The molecular formula is C54H39N3O. The van der Waals surface area contributed by atoms with Gasteiger partial charge in [-0.15, -0.1) is 0 Å². The lowest BCUT2D eigenvalue weighted by molar-refractivity contribution is 0.796. The minimum atomic E-state index is -0.0564. The molecule has 4 nitrogen and oxygen atoms in total. The summed E-state index contributed by atoms with van der Waals surface area (Å²) in [6, 6.07) is 57.3. The molecule has 10 rings (SSSR count). The minimum absolute atomic E-state index is 0.0564. The Kier molecular flexibility index (Phi) is 8.53. The van der Waals surface area contributed by atoms with Gasteiger partial charge in [0.15, 0.2) is 0 Å². The highest BCUT2D eigenvalue weighted by molar-refractivity contribution is 6.22. The van der Waals surface area contributed by atoms with Crippen LogP contribution in [0.4, 0.5) is 0 Å². The average Bonchev–Trinajstić information content (AvgIpc) is 3.66. The smallest absolute Gasteiger partial charge is 0.263 e. The zero-order valence-corrected chi connectivity index (χ0v) is 32.2. The predicted molar refractivity (Wildman–Crippen MR) is 246 cm³/mol. The zero-order valence-electron chi connectivity index (χ0n) is 32.2. The number of para-hydroxylation sites is 2. The standard InChI is InChI=1S/C54H39N3O/c1-4-16-35(5-2)38-17-15-18-40(33-38)57-49-32-31-39(34-47(49)41-19-7-12-24-46(41)54(57)58)52-44-22-10-8-20-42(44)51(43-21-9-11-23-45(43)52)36-27-29-37(30-28-36)53-55-48-25-13-14-26-50(48)56(53)6-3/h4-5,7-34H,1-2,6H2,3H3/b35-16+. The summed E-state index contributed by atoms with van der Waals surface area (Å²) in [7, 11) is 0. The molecule has 0 aliphatic carbocycles. The van der Waals surface area contributed by atoms with Crippen LogP contribution in [0.2, 0.25) is 0 Å². The molecule has 58 heavy (non-hydrogen) atoms. The van der Waals surface area contributed by atoms with Gasteiger partial charge < -0.3 is 4.57 Å². The van der Waals surface area contributed by atoms with E-state index < -0.39 is 0 Å². The largest absolute Gasteiger partial charge is 0.324 e. The van der Waals surface area contributed by atoms with Crippen molar-refractivity contribution in [1.82, 2.24) is 14.1 Å². The van der Waals surface area contributed by atoms with E-state index in [1.807, 2.05) is 65.3 Å². The van der Waals surface area contributed by atoms with E-state index in [1.165, 1.54) is 32.7 Å². The van der Waals surface area contributed by atoms with Gasteiger partial charge in [0.25, 0.3) is 5.56 Å². The highest BCUT2D eigenvalue weighted by atomic mass is 16.1. The summed E-state index contributed by atoms with van der Waals surface area (Å²) >= 11 is 0. The first kappa shape index (κ1) is 34.9. The van der Waals surface area contributed by atoms with Gasteiger partial charge >= 0.3 is 0 Å². The molecule has 8 aromatic carbocycles. The second kappa shape index (κ2) is 14.2. The van der Waals surface area contributed by atoms with Crippen LogP contribution in [-0.2, 0) is 6.54 Å². The van der Waals surface area contributed by atoms with Crippen molar-refractivity contribution < 1.29 is 0 Å². The van der Waals surface area contributed by atoms with Gasteiger partial charge in [-0.25, -0.2) is 4.98 Å². The molecule has 0 aliphatic heterocycles. The third-order valence-electron chi connectivity index (χ3n) is 11.5. The van der Waals surface area contributed by atoms with Gasteiger partial charge in [0, 0.05) is 28.6 Å². The number of benzene rings is 8. The van der Waals surface area contributed by atoms with Crippen molar-refractivity contribution in [1.29, 1.82) is 0 Å². The Morgan fingerprint density at radius 2 is 1.16 bits per heavy atom. The van der Waals surface area contributed by atoms with E-state index in [4.69, 9.17) is 4.98 Å². The van der Waals surface area contributed by atoms with E-state index >= 15 is 0 Å². The minimum Gasteiger partial charge on any atom is -0.324 e. The van der Waals surface area contributed by atoms with Crippen molar-refractivity contribution >= 4 is 59.8 Å². The maximum Gasteiger partial charge on any atom is 0.263 e. The van der Waals surface area contributed by atoms with Crippen LogP contribution in [0.1, 0.15) is 12.5 Å². The summed E-state index contributed by atoms with van der Waals surface area (Å²) in [5.41, 5.74) is 11.3. The summed E-state index contributed by atoms with van der Waals surface area (Å²) in [6.07, 6.45) is 5.50. The SMILES string of the molecule is C=C/C=C(\C=C)c1cccc(-n2c(=O)c3ccccc3c3cc(-c4c5ccccc5c(-c5ccc(-c6nc7ccccc7n6CC)cc5)c5ccccc45)ccc32)c1. The van der Waals surface area contributed by atoms with Crippen LogP contribution in [0.3, 0.4) is 0 Å². The summed E-state index contributed by atoms with van der Waals surface area (Å²) in [4.78, 5) is 19.4. The molecule has 276 valence electrons. The maximum absolute atomic E-state index is 14.4. The molecule has 0 bridgehead atoms. The lowest BCUT2D eigenvalue weighted by atomic mass is 9.85. The zero-order chi connectivity index (χ0) is 39.3. The number of allylic oxidation sites excluding steroid dienone is 4. The monoisotopic (exact) mass is 745 g/mol. The molecule has 4 heteroatoms. The third-order valence-corrected chi connectivity index (χ3v) is 11.5. The molecule has 0 N–H and O–H groups in total. The fourth-order valence-electron chi connectivity index (χ4n) is 8.88. The molecule has 0 aliphatic rings. The summed E-state index contributed by atoms with van der Waals surface area (Å²) in [5, 5.41) is 7.31. The van der Waals surface area contributed by atoms with Crippen LogP contribution in [0.25, 0.3) is 99.2 Å². The van der Waals surface area contributed by atoms with Gasteiger partial charge in [0.2, 0.25) is 0 Å². The van der Waals surface area contributed by atoms with E-state index in [-0.39, 0.29) is 5.56 Å². The first-order valence-corrected chi connectivity index (χ1v) is 19.7. The van der Waals surface area contributed by atoms with Crippen molar-refractivity contribution in [2.45, 2.75) is 13.5 Å². The fraction of sp³-hybridized carbons (Fsp3) is 0.0370. The fourth-order valence-corrected chi connectivity index (χ4v) is 8.88. The van der Waals surface area contributed by atoms with Gasteiger partial charge in [-0.1, -0.05) is 153 Å². The van der Waals surface area contributed by atoms with Crippen molar-refractivity contribution in [3.63, 3.8) is 0 Å². The van der Waals surface area contributed by atoms with Crippen LogP contribution in [0, 0.1) is 0 Å².